The minimum atomic E-state index is -0.0850. The Morgan fingerprint density at radius 1 is 0.558 bits per heavy atom. The third kappa shape index (κ3) is 8.17. The predicted molar refractivity (Wildman–Crippen MR) is 192 cm³/mol. The van der Waals surface area contributed by atoms with Gasteiger partial charge >= 0.3 is 0 Å². The van der Waals surface area contributed by atoms with Gasteiger partial charge in [0.05, 0.1) is 0 Å². The number of rotatable bonds is 5. The molecule has 4 aromatic carbocycles. The van der Waals surface area contributed by atoms with E-state index in [1.807, 2.05) is 0 Å². The molecular formula is C43H56. The van der Waals surface area contributed by atoms with E-state index >= 15 is 0 Å². The highest BCUT2D eigenvalue weighted by molar-refractivity contribution is 5.63. The Labute approximate surface area is 264 Å². The highest BCUT2D eigenvalue weighted by Crippen LogP contribution is 2.39. The fraction of sp³-hybridized carbons (Fsp3) is 0.395. The number of allylic oxidation sites excluding steroid dienone is 1. The molecule has 0 amide bonds. The van der Waals surface area contributed by atoms with E-state index in [9.17, 15) is 0 Å². The maximum Gasteiger partial charge on any atom is 0.0215 e. The molecule has 0 unspecified atom stereocenters. The summed E-state index contributed by atoms with van der Waals surface area (Å²) in [5, 5.41) is 0. The van der Waals surface area contributed by atoms with Crippen LogP contribution in [0.3, 0.4) is 0 Å². The van der Waals surface area contributed by atoms with Gasteiger partial charge in [-0.3, -0.25) is 0 Å². The van der Waals surface area contributed by atoms with Gasteiger partial charge in [0.2, 0.25) is 0 Å². The molecule has 0 nitrogen and oxygen atoms in total. The molecule has 0 N–H and O–H groups in total. The maximum absolute atomic E-state index is 3.98. The van der Waals surface area contributed by atoms with Crippen molar-refractivity contribution < 1.29 is 0 Å². The van der Waals surface area contributed by atoms with Gasteiger partial charge in [0.25, 0.3) is 0 Å². The van der Waals surface area contributed by atoms with E-state index in [0.717, 1.165) is 12.0 Å². The summed E-state index contributed by atoms with van der Waals surface area (Å²) >= 11 is 0. The molecule has 0 fully saturated rings. The fourth-order valence-corrected chi connectivity index (χ4v) is 6.20. The summed E-state index contributed by atoms with van der Waals surface area (Å²) < 4.78 is 0. The molecule has 0 aliphatic carbocycles. The van der Waals surface area contributed by atoms with E-state index in [4.69, 9.17) is 0 Å². The largest absolute Gasteiger partial charge is 0.0955 e. The first-order chi connectivity index (χ1) is 19.8. The van der Waals surface area contributed by atoms with Gasteiger partial charge in [0.1, 0.15) is 0 Å². The molecule has 0 heteroatoms. The normalized spacial score (nSPS) is 13.1. The predicted octanol–water partition coefficient (Wildman–Crippen LogP) is 12.1. The molecule has 0 radical (unpaired) electrons. The van der Waals surface area contributed by atoms with Gasteiger partial charge in [-0.2, -0.15) is 0 Å². The highest BCUT2D eigenvalue weighted by atomic mass is 14.3. The van der Waals surface area contributed by atoms with Crippen LogP contribution in [0.5, 0.6) is 0 Å². The van der Waals surface area contributed by atoms with E-state index in [2.05, 4.69) is 175 Å². The molecule has 0 aliphatic heterocycles. The number of hydrogen-bond donors (Lipinski definition) is 0. The molecule has 0 bridgehead atoms. The molecule has 0 saturated carbocycles. The SMILES string of the molecule is C=C(C)c1ccc(C)c(C(C)(C)C)c1.Cc1ccc([C@](C)(Cc2ccccc2)c2cc(C)c(C)c(C)c2)cc1C(C)(C)C. The Morgan fingerprint density at radius 3 is 1.53 bits per heavy atom. The summed E-state index contributed by atoms with van der Waals surface area (Å²) in [7, 11) is 0. The van der Waals surface area contributed by atoms with Crippen LogP contribution in [0.2, 0.25) is 0 Å². The van der Waals surface area contributed by atoms with Crippen LogP contribution in [0.4, 0.5) is 0 Å². The minimum Gasteiger partial charge on any atom is -0.0955 e. The first-order valence-electron chi connectivity index (χ1n) is 15.9. The van der Waals surface area contributed by atoms with Gasteiger partial charge in [-0.25, -0.2) is 0 Å². The van der Waals surface area contributed by atoms with Crippen molar-refractivity contribution in [3.8, 4) is 0 Å². The second-order valence-electron chi connectivity index (χ2n) is 15.1. The van der Waals surface area contributed by atoms with Crippen molar-refractivity contribution in [1.82, 2.24) is 0 Å². The van der Waals surface area contributed by atoms with Crippen LogP contribution >= 0.6 is 0 Å². The monoisotopic (exact) mass is 572 g/mol. The van der Waals surface area contributed by atoms with Crippen LogP contribution in [0.25, 0.3) is 5.57 Å². The smallest absolute Gasteiger partial charge is 0.0215 e. The number of aryl methyl sites for hydroxylation is 4. The molecule has 0 aromatic heterocycles. The topological polar surface area (TPSA) is 0 Å². The summed E-state index contributed by atoms with van der Waals surface area (Å²) in [5.41, 5.74) is 16.6. The molecule has 0 heterocycles. The van der Waals surface area contributed by atoms with Gasteiger partial charge in [0.15, 0.2) is 0 Å². The Morgan fingerprint density at radius 2 is 1.05 bits per heavy atom. The average molecular weight is 573 g/mol. The van der Waals surface area contributed by atoms with Gasteiger partial charge in [0, 0.05) is 5.41 Å². The molecular weight excluding hydrogens is 516 g/mol. The van der Waals surface area contributed by atoms with Crippen LogP contribution in [-0.2, 0) is 22.7 Å². The summed E-state index contributed by atoms with van der Waals surface area (Å²) in [5.74, 6) is 0. The summed E-state index contributed by atoms with van der Waals surface area (Å²) in [6, 6.07) is 29.4. The fourth-order valence-electron chi connectivity index (χ4n) is 6.20. The quantitative estimate of drug-likeness (QED) is 0.223. The molecule has 0 aliphatic rings. The summed E-state index contributed by atoms with van der Waals surface area (Å²) in [6.07, 6.45) is 0.989. The van der Waals surface area contributed by atoms with Crippen molar-refractivity contribution in [1.29, 1.82) is 0 Å². The molecule has 228 valence electrons. The molecule has 43 heavy (non-hydrogen) atoms. The first kappa shape index (κ1) is 34.1. The molecule has 4 rings (SSSR count). The second-order valence-corrected chi connectivity index (χ2v) is 15.1. The van der Waals surface area contributed by atoms with Gasteiger partial charge in [-0.1, -0.05) is 139 Å². The van der Waals surface area contributed by atoms with Crippen molar-refractivity contribution in [3.63, 3.8) is 0 Å². The van der Waals surface area contributed by atoms with E-state index < -0.39 is 0 Å². The standard InChI is InChI=1S/C29H36.C14H20/c1-20-14-15-25(18-27(20)28(5,6)7)29(8,19-24-12-10-9-11-13-24)26-16-21(2)23(4)22(3)17-26;1-10(2)12-8-7-11(3)13(9-12)14(4,5)6/h9-18H,19H2,1-8H3;7-9H,1H2,2-6H3/t29-;/m0./s1. The molecule has 0 spiro atoms. The van der Waals surface area contributed by atoms with Crippen molar-refractivity contribution in [3.05, 3.63) is 147 Å². The zero-order valence-corrected chi connectivity index (χ0v) is 29.4. The van der Waals surface area contributed by atoms with Crippen molar-refractivity contribution in [2.75, 3.05) is 0 Å². The van der Waals surface area contributed by atoms with Crippen LogP contribution in [0.15, 0.2) is 85.4 Å². The molecule has 0 saturated heterocycles. The lowest BCUT2D eigenvalue weighted by molar-refractivity contribution is 0.553. The highest BCUT2D eigenvalue weighted by Gasteiger charge is 2.31. The third-order valence-corrected chi connectivity index (χ3v) is 9.19. The van der Waals surface area contributed by atoms with Crippen LogP contribution in [0.1, 0.15) is 117 Å². The zero-order valence-electron chi connectivity index (χ0n) is 29.4. The van der Waals surface area contributed by atoms with E-state index in [0.29, 0.717) is 0 Å². The lowest BCUT2D eigenvalue weighted by Gasteiger charge is -2.34. The zero-order chi connectivity index (χ0) is 32.3. The van der Waals surface area contributed by atoms with Crippen LogP contribution in [0, 0.1) is 34.6 Å². The first-order valence-corrected chi connectivity index (χ1v) is 15.9. The Hall–Kier alpha value is -3.38. The second kappa shape index (κ2) is 13.1. The van der Waals surface area contributed by atoms with Crippen molar-refractivity contribution >= 4 is 5.57 Å². The lowest BCUT2D eigenvalue weighted by Crippen LogP contribution is -2.28. The number of hydrogen-bond acceptors (Lipinski definition) is 0. The third-order valence-electron chi connectivity index (χ3n) is 9.19. The van der Waals surface area contributed by atoms with E-state index in [1.54, 1.807) is 0 Å². The van der Waals surface area contributed by atoms with Crippen molar-refractivity contribution in [2.24, 2.45) is 0 Å². The molecule has 1 atom stereocenters. The van der Waals surface area contributed by atoms with Gasteiger partial charge < -0.3 is 0 Å². The maximum atomic E-state index is 3.98. The summed E-state index contributed by atoms with van der Waals surface area (Å²) in [6.45, 7) is 33.2. The van der Waals surface area contributed by atoms with E-state index in [-0.39, 0.29) is 16.2 Å². The van der Waals surface area contributed by atoms with E-state index in [1.165, 1.54) is 61.2 Å². The van der Waals surface area contributed by atoms with Gasteiger partial charge in [-0.15, -0.1) is 0 Å². The van der Waals surface area contributed by atoms with Crippen LogP contribution in [-0.4, -0.2) is 0 Å². The minimum absolute atomic E-state index is 0.0850. The Bertz CT molecular complexity index is 1540. The Balaban J connectivity index is 0.000000303. The Kier molecular flexibility index (Phi) is 10.4. The average Bonchev–Trinajstić information content (AvgIpc) is 2.91. The summed E-state index contributed by atoms with van der Waals surface area (Å²) in [4.78, 5) is 0. The van der Waals surface area contributed by atoms with Crippen LogP contribution < -0.4 is 0 Å². The number of benzene rings is 4. The van der Waals surface area contributed by atoms with Crippen molar-refractivity contribution in [2.45, 2.75) is 113 Å². The van der Waals surface area contributed by atoms with Gasteiger partial charge in [-0.05, 0) is 120 Å². The molecule has 4 aromatic rings. The lowest BCUT2D eigenvalue weighted by atomic mass is 9.69.